The fourth-order valence-electron chi connectivity index (χ4n) is 2.20. The summed E-state index contributed by atoms with van der Waals surface area (Å²) < 4.78 is 0. The third-order valence-electron chi connectivity index (χ3n) is 3.46. The summed E-state index contributed by atoms with van der Waals surface area (Å²) in [5.41, 5.74) is 4.50. The molecule has 2 aromatic carbocycles. The predicted molar refractivity (Wildman–Crippen MR) is 91.4 cm³/mol. The molecule has 0 saturated heterocycles. The molecule has 0 aliphatic carbocycles. The molecule has 1 N–H and O–H groups in total. The zero-order valence-corrected chi connectivity index (χ0v) is 13.3. The molecule has 1 heterocycles. The van der Waals surface area contributed by atoms with Gasteiger partial charge in [0.2, 0.25) is 0 Å². The summed E-state index contributed by atoms with van der Waals surface area (Å²) in [6.07, 6.45) is 0. The van der Waals surface area contributed by atoms with Crippen LogP contribution in [0, 0.1) is 13.8 Å². The Morgan fingerprint density at radius 1 is 1.05 bits per heavy atom. The van der Waals surface area contributed by atoms with Gasteiger partial charge in [-0.2, -0.15) is 0 Å². The van der Waals surface area contributed by atoms with Crippen molar-refractivity contribution in [1.29, 1.82) is 0 Å². The van der Waals surface area contributed by atoms with E-state index >= 15 is 0 Å². The van der Waals surface area contributed by atoms with E-state index in [1.165, 1.54) is 0 Å². The van der Waals surface area contributed by atoms with E-state index < -0.39 is 0 Å². The highest BCUT2D eigenvalue weighted by molar-refractivity contribution is 7.09. The van der Waals surface area contributed by atoms with Crippen LogP contribution in [0.25, 0.3) is 11.3 Å². The summed E-state index contributed by atoms with van der Waals surface area (Å²) in [7, 11) is 0. The number of amides is 1. The average molecular weight is 308 g/mol. The van der Waals surface area contributed by atoms with Crippen LogP contribution in [0.4, 0.5) is 5.69 Å². The first-order valence-electron chi connectivity index (χ1n) is 7.03. The second-order valence-electron chi connectivity index (χ2n) is 5.10. The second-order valence-corrected chi connectivity index (χ2v) is 6.16. The highest BCUT2D eigenvalue weighted by Gasteiger charge is 2.08. The second kappa shape index (κ2) is 6.12. The summed E-state index contributed by atoms with van der Waals surface area (Å²) in [5, 5.41) is 6.00. The van der Waals surface area contributed by atoms with Gasteiger partial charge in [-0.1, -0.05) is 30.3 Å². The zero-order chi connectivity index (χ0) is 15.5. The maximum atomic E-state index is 12.3. The Kier molecular flexibility index (Phi) is 4.02. The van der Waals surface area contributed by atoms with Gasteiger partial charge in [0.15, 0.2) is 0 Å². The lowest BCUT2D eigenvalue weighted by Gasteiger charge is -2.08. The summed E-state index contributed by atoms with van der Waals surface area (Å²) >= 11 is 1.62. The van der Waals surface area contributed by atoms with Gasteiger partial charge in [-0.15, -0.1) is 11.3 Å². The van der Waals surface area contributed by atoms with Crippen LogP contribution < -0.4 is 5.32 Å². The van der Waals surface area contributed by atoms with Crippen LogP contribution in [-0.4, -0.2) is 10.9 Å². The Balaban J connectivity index is 1.78. The van der Waals surface area contributed by atoms with Crippen LogP contribution >= 0.6 is 11.3 Å². The molecule has 0 atom stereocenters. The quantitative estimate of drug-likeness (QED) is 0.763. The van der Waals surface area contributed by atoms with Crippen molar-refractivity contribution in [1.82, 2.24) is 4.98 Å². The van der Waals surface area contributed by atoms with Crippen molar-refractivity contribution in [2.75, 3.05) is 5.32 Å². The lowest BCUT2D eigenvalue weighted by atomic mass is 10.1. The molecule has 0 fully saturated rings. The normalized spacial score (nSPS) is 10.5. The van der Waals surface area contributed by atoms with Gasteiger partial charge < -0.3 is 5.32 Å². The third-order valence-corrected chi connectivity index (χ3v) is 4.23. The molecule has 0 radical (unpaired) electrons. The molecule has 1 aromatic heterocycles. The number of anilines is 1. The van der Waals surface area contributed by atoms with E-state index in [0.717, 1.165) is 27.5 Å². The Morgan fingerprint density at radius 3 is 2.41 bits per heavy atom. The van der Waals surface area contributed by atoms with Gasteiger partial charge in [0.05, 0.1) is 10.7 Å². The number of hydrogen-bond donors (Lipinski definition) is 1. The number of benzene rings is 2. The summed E-state index contributed by atoms with van der Waals surface area (Å²) in [4.78, 5) is 16.7. The van der Waals surface area contributed by atoms with Gasteiger partial charge in [0, 0.05) is 22.2 Å². The summed E-state index contributed by atoms with van der Waals surface area (Å²) in [6.45, 7) is 3.96. The molecule has 0 aliphatic rings. The fourth-order valence-corrected chi connectivity index (χ4v) is 2.82. The first-order valence-corrected chi connectivity index (χ1v) is 7.91. The molecule has 3 aromatic rings. The van der Waals surface area contributed by atoms with Crippen LogP contribution in [0.2, 0.25) is 0 Å². The van der Waals surface area contributed by atoms with Gasteiger partial charge in [0.1, 0.15) is 0 Å². The Labute approximate surface area is 133 Å². The maximum Gasteiger partial charge on any atom is 0.255 e. The highest BCUT2D eigenvalue weighted by Crippen LogP contribution is 2.22. The molecule has 0 saturated carbocycles. The van der Waals surface area contributed by atoms with Crippen LogP contribution in [0.3, 0.4) is 0 Å². The predicted octanol–water partition coefficient (Wildman–Crippen LogP) is 4.68. The van der Waals surface area contributed by atoms with Crippen molar-refractivity contribution >= 4 is 22.9 Å². The van der Waals surface area contributed by atoms with Crippen LogP contribution in [-0.2, 0) is 0 Å². The minimum Gasteiger partial charge on any atom is -0.322 e. The standard InChI is InChI=1S/C18H16N2OS/c1-12-5-3-4-6-16(12)20-18(21)15-9-7-14(8-10-15)17-11-22-13(2)19-17/h3-11H,1-2H3,(H,20,21). The molecule has 22 heavy (non-hydrogen) atoms. The Hall–Kier alpha value is -2.46. The fraction of sp³-hybridized carbons (Fsp3) is 0.111. The van der Waals surface area contributed by atoms with Crippen molar-refractivity contribution in [3.63, 3.8) is 0 Å². The van der Waals surface area contributed by atoms with Crippen molar-refractivity contribution < 1.29 is 4.79 Å². The van der Waals surface area contributed by atoms with E-state index in [2.05, 4.69) is 10.3 Å². The Bertz CT molecular complexity index is 806. The minimum absolute atomic E-state index is 0.102. The van der Waals surface area contributed by atoms with E-state index in [0.29, 0.717) is 5.56 Å². The van der Waals surface area contributed by atoms with Gasteiger partial charge in [-0.25, -0.2) is 4.98 Å². The maximum absolute atomic E-state index is 12.3. The SMILES string of the molecule is Cc1nc(-c2ccc(C(=O)Nc3ccccc3C)cc2)cs1. The van der Waals surface area contributed by atoms with E-state index in [1.54, 1.807) is 11.3 Å². The van der Waals surface area contributed by atoms with Crippen LogP contribution in [0.1, 0.15) is 20.9 Å². The topological polar surface area (TPSA) is 42.0 Å². The van der Waals surface area contributed by atoms with Crippen LogP contribution in [0.5, 0.6) is 0 Å². The van der Waals surface area contributed by atoms with Crippen molar-refractivity contribution in [3.05, 3.63) is 70.0 Å². The van der Waals surface area contributed by atoms with Crippen LogP contribution in [0.15, 0.2) is 53.9 Å². The number of aryl methyl sites for hydroxylation is 2. The molecular weight excluding hydrogens is 292 g/mol. The number of rotatable bonds is 3. The minimum atomic E-state index is -0.102. The highest BCUT2D eigenvalue weighted by atomic mass is 32.1. The monoisotopic (exact) mass is 308 g/mol. The van der Waals surface area contributed by atoms with Crippen molar-refractivity contribution in [2.24, 2.45) is 0 Å². The summed E-state index contributed by atoms with van der Waals surface area (Å²) in [6, 6.07) is 15.3. The average Bonchev–Trinajstić information content (AvgIpc) is 2.96. The van der Waals surface area contributed by atoms with E-state index in [4.69, 9.17) is 0 Å². The summed E-state index contributed by atoms with van der Waals surface area (Å²) in [5.74, 6) is -0.102. The molecule has 0 bridgehead atoms. The molecular formula is C18H16N2OS. The van der Waals surface area contributed by atoms with E-state index in [9.17, 15) is 4.79 Å². The molecule has 4 heteroatoms. The number of thiazole rings is 1. The van der Waals surface area contributed by atoms with E-state index in [1.807, 2.05) is 67.8 Å². The molecule has 0 spiro atoms. The molecule has 3 nitrogen and oxygen atoms in total. The van der Waals surface area contributed by atoms with Gasteiger partial charge >= 0.3 is 0 Å². The lowest BCUT2D eigenvalue weighted by Crippen LogP contribution is -2.12. The number of nitrogens with zero attached hydrogens (tertiary/aromatic N) is 1. The zero-order valence-electron chi connectivity index (χ0n) is 12.5. The molecule has 0 aliphatic heterocycles. The number of carbonyl (C=O) groups is 1. The molecule has 1 amide bonds. The first-order chi connectivity index (χ1) is 10.6. The van der Waals surface area contributed by atoms with E-state index in [-0.39, 0.29) is 5.91 Å². The van der Waals surface area contributed by atoms with Gasteiger partial charge in [-0.05, 0) is 37.6 Å². The number of nitrogens with one attached hydrogen (secondary N) is 1. The number of para-hydroxylation sites is 1. The van der Waals surface area contributed by atoms with Gasteiger partial charge in [-0.3, -0.25) is 4.79 Å². The third kappa shape index (κ3) is 3.07. The Morgan fingerprint density at radius 2 is 1.77 bits per heavy atom. The smallest absolute Gasteiger partial charge is 0.255 e. The first kappa shape index (κ1) is 14.5. The molecule has 110 valence electrons. The number of aromatic nitrogens is 1. The number of hydrogen-bond acceptors (Lipinski definition) is 3. The largest absolute Gasteiger partial charge is 0.322 e. The lowest BCUT2D eigenvalue weighted by molar-refractivity contribution is 0.102. The van der Waals surface area contributed by atoms with Crippen molar-refractivity contribution in [2.45, 2.75) is 13.8 Å². The molecule has 0 unspecified atom stereocenters. The van der Waals surface area contributed by atoms with Crippen molar-refractivity contribution in [3.8, 4) is 11.3 Å². The van der Waals surface area contributed by atoms with Gasteiger partial charge in [0.25, 0.3) is 5.91 Å². The molecule has 3 rings (SSSR count). The number of carbonyl (C=O) groups excluding carboxylic acids is 1.